The predicted molar refractivity (Wildman–Crippen MR) is 102 cm³/mol. The highest BCUT2D eigenvalue weighted by Crippen LogP contribution is 2.34. The number of ether oxygens (including phenoxy) is 5. The molecule has 7 unspecified atom stereocenters. The molecule has 2 aliphatic heterocycles. The lowest BCUT2D eigenvalue weighted by Gasteiger charge is -2.40. The Hall–Kier alpha value is -2.16. The van der Waals surface area contributed by atoms with Crippen molar-refractivity contribution in [2.45, 2.75) is 85.0 Å². The average molecular weight is 413 g/mol. The number of fused-ring (bicyclic) bond motifs is 1. The first-order valence-corrected chi connectivity index (χ1v) is 9.99. The van der Waals surface area contributed by atoms with Crippen molar-refractivity contribution in [1.82, 2.24) is 0 Å². The van der Waals surface area contributed by atoms with Gasteiger partial charge in [-0.15, -0.1) is 0 Å². The monoisotopic (exact) mass is 413 g/mol. The van der Waals surface area contributed by atoms with Crippen molar-refractivity contribution >= 4 is 23.8 Å². The third-order valence-corrected chi connectivity index (χ3v) is 5.06. The first kappa shape index (κ1) is 23.1. The molecular formula is C20H31NO8. The van der Waals surface area contributed by atoms with E-state index in [-0.39, 0.29) is 12.5 Å². The SMILES string of the molecule is CCC(C)CC(C)C1=NC2C(O1)OC(COC(C)=O)C(OC(C)=O)C2OC(C)=O. The van der Waals surface area contributed by atoms with E-state index in [4.69, 9.17) is 23.7 Å². The summed E-state index contributed by atoms with van der Waals surface area (Å²) < 4.78 is 27.7. The fourth-order valence-corrected chi connectivity index (χ4v) is 3.53. The van der Waals surface area contributed by atoms with Crippen molar-refractivity contribution in [3.05, 3.63) is 0 Å². The van der Waals surface area contributed by atoms with E-state index in [1.807, 2.05) is 6.92 Å². The van der Waals surface area contributed by atoms with Crippen LogP contribution in [0, 0.1) is 11.8 Å². The molecule has 7 atom stereocenters. The first-order chi connectivity index (χ1) is 13.6. The van der Waals surface area contributed by atoms with Gasteiger partial charge in [-0.3, -0.25) is 14.4 Å². The van der Waals surface area contributed by atoms with Crippen LogP contribution >= 0.6 is 0 Å². The van der Waals surface area contributed by atoms with Crippen LogP contribution in [0.15, 0.2) is 4.99 Å². The Bertz CT molecular complexity index is 648. The van der Waals surface area contributed by atoms with E-state index in [0.717, 1.165) is 12.8 Å². The van der Waals surface area contributed by atoms with Crippen molar-refractivity contribution in [2.75, 3.05) is 6.61 Å². The molecule has 9 heteroatoms. The highest BCUT2D eigenvalue weighted by molar-refractivity contribution is 5.80. The van der Waals surface area contributed by atoms with Crippen molar-refractivity contribution in [3.8, 4) is 0 Å². The second-order valence-corrected chi connectivity index (χ2v) is 7.72. The number of esters is 3. The van der Waals surface area contributed by atoms with E-state index < -0.39 is 48.6 Å². The minimum absolute atomic E-state index is 0.0521. The molecule has 0 aromatic carbocycles. The van der Waals surface area contributed by atoms with Gasteiger partial charge in [0.05, 0.1) is 0 Å². The summed E-state index contributed by atoms with van der Waals surface area (Å²) in [5, 5.41) is 0. The molecule has 2 heterocycles. The Morgan fingerprint density at radius 2 is 1.66 bits per heavy atom. The van der Waals surface area contributed by atoms with Crippen LogP contribution in [0.25, 0.3) is 0 Å². The van der Waals surface area contributed by atoms with Crippen LogP contribution in [0.3, 0.4) is 0 Å². The summed E-state index contributed by atoms with van der Waals surface area (Å²) in [6.45, 7) is 9.90. The van der Waals surface area contributed by atoms with Crippen LogP contribution in [-0.4, -0.2) is 61.1 Å². The van der Waals surface area contributed by atoms with Gasteiger partial charge in [0, 0.05) is 26.7 Å². The minimum atomic E-state index is -0.978. The number of nitrogens with zero attached hydrogens (tertiary/aromatic N) is 1. The molecule has 0 amide bonds. The van der Waals surface area contributed by atoms with E-state index in [2.05, 4.69) is 18.8 Å². The largest absolute Gasteiger partial charge is 0.463 e. The Morgan fingerprint density at radius 3 is 2.21 bits per heavy atom. The highest BCUT2D eigenvalue weighted by Gasteiger charge is 2.54. The molecule has 1 fully saturated rings. The van der Waals surface area contributed by atoms with Gasteiger partial charge >= 0.3 is 17.9 Å². The second-order valence-electron chi connectivity index (χ2n) is 7.72. The van der Waals surface area contributed by atoms with Gasteiger partial charge < -0.3 is 23.7 Å². The molecule has 29 heavy (non-hydrogen) atoms. The molecule has 0 bridgehead atoms. The summed E-state index contributed by atoms with van der Waals surface area (Å²) in [5.41, 5.74) is 0. The van der Waals surface area contributed by atoms with Gasteiger partial charge in [0.25, 0.3) is 0 Å². The summed E-state index contributed by atoms with van der Waals surface area (Å²) in [6, 6.07) is -0.675. The van der Waals surface area contributed by atoms with Crippen molar-refractivity contribution < 1.29 is 38.1 Å². The quantitative estimate of drug-likeness (QED) is 0.439. The molecule has 0 aliphatic carbocycles. The lowest BCUT2D eigenvalue weighted by Crippen LogP contribution is -2.60. The molecule has 0 aromatic heterocycles. The molecule has 1 saturated heterocycles. The Balaban J connectivity index is 2.28. The number of rotatable bonds is 8. The maximum atomic E-state index is 11.7. The Morgan fingerprint density at radius 1 is 1.03 bits per heavy atom. The molecule has 164 valence electrons. The van der Waals surface area contributed by atoms with Gasteiger partial charge in [0.1, 0.15) is 12.7 Å². The van der Waals surface area contributed by atoms with Gasteiger partial charge in [0.15, 0.2) is 24.1 Å². The first-order valence-electron chi connectivity index (χ1n) is 9.99. The standard InChI is InChI=1S/C20H31NO8/c1-7-10(2)8-11(3)19-21-16-18(27-14(6)24)17(26-13(5)23)15(9-25-12(4)22)28-20(16)29-19/h10-11,15-18,20H,7-9H2,1-6H3. The molecule has 0 saturated carbocycles. The van der Waals surface area contributed by atoms with Crippen LogP contribution in [0.2, 0.25) is 0 Å². The van der Waals surface area contributed by atoms with Crippen molar-refractivity contribution in [1.29, 1.82) is 0 Å². The molecule has 0 radical (unpaired) electrons. The molecular weight excluding hydrogens is 382 g/mol. The highest BCUT2D eigenvalue weighted by atomic mass is 16.7. The fraction of sp³-hybridized carbons (Fsp3) is 0.800. The molecule has 2 aliphatic rings. The summed E-state index contributed by atoms with van der Waals surface area (Å²) in [6.07, 6.45) is -1.64. The Kier molecular flexibility index (Phi) is 8.01. The van der Waals surface area contributed by atoms with Crippen LogP contribution in [0.1, 0.15) is 54.4 Å². The van der Waals surface area contributed by atoms with Crippen LogP contribution < -0.4 is 0 Å². The summed E-state index contributed by atoms with van der Waals surface area (Å²) in [5.74, 6) is -0.559. The van der Waals surface area contributed by atoms with E-state index in [1.165, 1.54) is 20.8 Å². The van der Waals surface area contributed by atoms with Crippen LogP contribution in [-0.2, 0) is 38.1 Å². The number of carbonyl (C=O) groups excluding carboxylic acids is 3. The molecule has 9 nitrogen and oxygen atoms in total. The smallest absolute Gasteiger partial charge is 0.303 e. The van der Waals surface area contributed by atoms with Crippen molar-refractivity contribution in [2.24, 2.45) is 16.8 Å². The Labute approximate surface area is 171 Å². The topological polar surface area (TPSA) is 110 Å². The fourth-order valence-electron chi connectivity index (χ4n) is 3.53. The van der Waals surface area contributed by atoms with E-state index in [1.54, 1.807) is 0 Å². The van der Waals surface area contributed by atoms with E-state index in [0.29, 0.717) is 11.8 Å². The normalized spacial score (nSPS) is 30.3. The molecule has 0 aromatic rings. The van der Waals surface area contributed by atoms with E-state index in [9.17, 15) is 14.4 Å². The lowest BCUT2D eigenvalue weighted by atomic mass is 9.95. The zero-order chi connectivity index (χ0) is 21.7. The summed E-state index contributed by atoms with van der Waals surface area (Å²) in [7, 11) is 0. The summed E-state index contributed by atoms with van der Waals surface area (Å²) >= 11 is 0. The van der Waals surface area contributed by atoms with Crippen LogP contribution in [0.4, 0.5) is 0 Å². The second kappa shape index (κ2) is 10.0. The van der Waals surface area contributed by atoms with E-state index >= 15 is 0 Å². The van der Waals surface area contributed by atoms with Gasteiger partial charge in [-0.2, -0.15) is 0 Å². The number of hydrogen-bond acceptors (Lipinski definition) is 9. The minimum Gasteiger partial charge on any atom is -0.463 e. The van der Waals surface area contributed by atoms with Crippen LogP contribution in [0.5, 0.6) is 0 Å². The number of hydrogen-bond donors (Lipinski definition) is 0. The maximum absolute atomic E-state index is 11.7. The van der Waals surface area contributed by atoms with Crippen molar-refractivity contribution in [3.63, 3.8) is 0 Å². The maximum Gasteiger partial charge on any atom is 0.303 e. The number of carbonyl (C=O) groups is 3. The van der Waals surface area contributed by atoms with Gasteiger partial charge in [0.2, 0.25) is 6.29 Å². The van der Waals surface area contributed by atoms with Gasteiger partial charge in [-0.05, 0) is 12.3 Å². The molecule has 0 spiro atoms. The summed E-state index contributed by atoms with van der Waals surface area (Å²) in [4.78, 5) is 39.2. The third-order valence-electron chi connectivity index (χ3n) is 5.06. The van der Waals surface area contributed by atoms with Gasteiger partial charge in [-0.25, -0.2) is 4.99 Å². The zero-order valence-corrected chi connectivity index (χ0v) is 17.9. The number of aliphatic imine (C=N–C) groups is 1. The lowest BCUT2D eigenvalue weighted by molar-refractivity contribution is -0.249. The molecule has 0 N–H and O–H groups in total. The third kappa shape index (κ3) is 6.16. The average Bonchev–Trinajstić information content (AvgIpc) is 3.05. The van der Waals surface area contributed by atoms with Gasteiger partial charge in [-0.1, -0.05) is 27.2 Å². The zero-order valence-electron chi connectivity index (χ0n) is 17.9. The predicted octanol–water partition coefficient (Wildman–Crippen LogP) is 2.01. The molecule has 2 rings (SSSR count).